The van der Waals surface area contributed by atoms with Crippen LogP contribution in [0.15, 0.2) is 54.6 Å². The molecule has 0 aromatic heterocycles. The zero-order valence-corrected chi connectivity index (χ0v) is 10.8. The lowest BCUT2D eigenvalue weighted by molar-refractivity contribution is 0.102. The summed E-state index contributed by atoms with van der Waals surface area (Å²) in [6.45, 7) is 1.90. The van der Waals surface area contributed by atoms with E-state index in [9.17, 15) is 9.90 Å². The first kappa shape index (κ1) is 13.3. The molecule has 3 nitrogen and oxygen atoms in total. The van der Waals surface area contributed by atoms with Crippen LogP contribution in [0.2, 0.25) is 0 Å². The first-order chi connectivity index (χ1) is 9.22. The van der Waals surface area contributed by atoms with E-state index in [4.69, 9.17) is 0 Å². The third-order valence-corrected chi connectivity index (χ3v) is 2.99. The molecule has 0 saturated carbocycles. The van der Waals surface area contributed by atoms with Crippen LogP contribution in [-0.4, -0.2) is 11.0 Å². The number of benzene rings is 2. The Hall–Kier alpha value is -2.13. The molecule has 0 spiro atoms. The summed E-state index contributed by atoms with van der Waals surface area (Å²) in [4.78, 5) is 12.1. The number of carbonyl (C=O) groups excluding carboxylic acids is 1. The van der Waals surface area contributed by atoms with E-state index >= 15 is 0 Å². The van der Waals surface area contributed by atoms with Crippen LogP contribution in [0, 0.1) is 0 Å². The van der Waals surface area contributed by atoms with Crippen molar-refractivity contribution in [1.82, 2.24) is 0 Å². The van der Waals surface area contributed by atoms with Crippen molar-refractivity contribution >= 4 is 11.6 Å². The molecule has 19 heavy (non-hydrogen) atoms. The summed E-state index contributed by atoms with van der Waals surface area (Å²) in [5, 5.41) is 12.8. The summed E-state index contributed by atoms with van der Waals surface area (Å²) in [5.74, 6) is -0.170. The number of nitrogens with one attached hydrogen (secondary N) is 1. The van der Waals surface area contributed by atoms with Crippen LogP contribution in [0.25, 0.3) is 0 Å². The predicted octanol–water partition coefficient (Wildman–Crippen LogP) is 3.38. The molecule has 0 radical (unpaired) electrons. The Kier molecular flexibility index (Phi) is 4.31. The van der Waals surface area contributed by atoms with Gasteiger partial charge in [-0.05, 0) is 24.6 Å². The topological polar surface area (TPSA) is 49.3 Å². The molecule has 2 rings (SSSR count). The number of para-hydroxylation sites is 1. The number of amides is 1. The van der Waals surface area contributed by atoms with E-state index in [1.807, 2.05) is 43.3 Å². The summed E-state index contributed by atoms with van der Waals surface area (Å²) < 4.78 is 0. The standard InChI is InChI=1S/C16H17NO2/c1-2-15(18)13-10-6-7-11-14(13)17-16(19)12-8-4-3-5-9-12/h3-11,15,18H,2H2,1H3,(H,17,19)/t15-/m0/s1. The Balaban J connectivity index is 2.22. The van der Waals surface area contributed by atoms with E-state index in [-0.39, 0.29) is 5.91 Å². The smallest absolute Gasteiger partial charge is 0.255 e. The van der Waals surface area contributed by atoms with Gasteiger partial charge in [0.25, 0.3) is 5.91 Å². The van der Waals surface area contributed by atoms with Crippen molar-refractivity contribution in [3.63, 3.8) is 0 Å². The lowest BCUT2D eigenvalue weighted by Gasteiger charge is -2.14. The second kappa shape index (κ2) is 6.16. The highest BCUT2D eigenvalue weighted by atomic mass is 16.3. The van der Waals surface area contributed by atoms with Crippen molar-refractivity contribution < 1.29 is 9.90 Å². The van der Waals surface area contributed by atoms with Gasteiger partial charge in [-0.1, -0.05) is 43.3 Å². The molecule has 2 aromatic carbocycles. The minimum Gasteiger partial charge on any atom is -0.388 e. The van der Waals surface area contributed by atoms with Gasteiger partial charge in [0.1, 0.15) is 0 Å². The van der Waals surface area contributed by atoms with Gasteiger partial charge in [-0.15, -0.1) is 0 Å². The molecule has 1 atom stereocenters. The summed E-state index contributed by atoms with van der Waals surface area (Å²) in [5.41, 5.74) is 2.00. The van der Waals surface area contributed by atoms with Crippen molar-refractivity contribution in [2.24, 2.45) is 0 Å². The van der Waals surface area contributed by atoms with Gasteiger partial charge in [-0.2, -0.15) is 0 Å². The van der Waals surface area contributed by atoms with Gasteiger partial charge in [0.2, 0.25) is 0 Å². The van der Waals surface area contributed by atoms with Gasteiger partial charge in [0, 0.05) is 16.8 Å². The van der Waals surface area contributed by atoms with Crippen LogP contribution in [-0.2, 0) is 0 Å². The maximum absolute atomic E-state index is 12.1. The zero-order chi connectivity index (χ0) is 13.7. The lowest BCUT2D eigenvalue weighted by atomic mass is 10.0. The number of anilines is 1. The van der Waals surface area contributed by atoms with E-state index in [0.717, 1.165) is 5.56 Å². The summed E-state index contributed by atoms with van der Waals surface area (Å²) in [7, 11) is 0. The minimum absolute atomic E-state index is 0.170. The Bertz CT molecular complexity index is 552. The van der Waals surface area contributed by atoms with Crippen LogP contribution >= 0.6 is 0 Å². The van der Waals surface area contributed by atoms with Crippen LogP contribution in [0.1, 0.15) is 35.4 Å². The molecular weight excluding hydrogens is 238 g/mol. The predicted molar refractivity (Wildman–Crippen MR) is 76.1 cm³/mol. The number of aliphatic hydroxyl groups is 1. The van der Waals surface area contributed by atoms with Gasteiger partial charge < -0.3 is 10.4 Å². The molecule has 0 aliphatic heterocycles. The first-order valence-electron chi connectivity index (χ1n) is 6.35. The third kappa shape index (κ3) is 3.20. The molecule has 0 fully saturated rings. The minimum atomic E-state index is -0.563. The van der Waals surface area contributed by atoms with Crippen molar-refractivity contribution in [2.45, 2.75) is 19.4 Å². The molecule has 0 aliphatic rings. The molecule has 0 heterocycles. The maximum atomic E-state index is 12.1. The number of carbonyl (C=O) groups is 1. The number of aliphatic hydroxyl groups excluding tert-OH is 1. The van der Waals surface area contributed by atoms with E-state index in [1.165, 1.54) is 0 Å². The summed E-state index contributed by atoms with van der Waals surface area (Å²) in [6.07, 6.45) is 0.0466. The second-order valence-electron chi connectivity index (χ2n) is 4.33. The average molecular weight is 255 g/mol. The van der Waals surface area contributed by atoms with E-state index < -0.39 is 6.10 Å². The summed E-state index contributed by atoms with van der Waals surface area (Å²) >= 11 is 0. The van der Waals surface area contributed by atoms with E-state index in [0.29, 0.717) is 17.7 Å². The molecular formula is C16H17NO2. The van der Waals surface area contributed by atoms with Crippen LogP contribution in [0.5, 0.6) is 0 Å². The molecule has 0 unspecified atom stereocenters. The molecule has 1 amide bonds. The molecule has 2 N–H and O–H groups in total. The molecule has 0 saturated heterocycles. The lowest BCUT2D eigenvalue weighted by Crippen LogP contribution is -2.14. The summed E-state index contributed by atoms with van der Waals surface area (Å²) in [6, 6.07) is 16.3. The first-order valence-corrected chi connectivity index (χ1v) is 6.35. The number of hydrogen-bond acceptors (Lipinski definition) is 2. The molecule has 0 aliphatic carbocycles. The van der Waals surface area contributed by atoms with Crippen molar-refractivity contribution in [2.75, 3.05) is 5.32 Å². The highest BCUT2D eigenvalue weighted by Crippen LogP contribution is 2.25. The zero-order valence-electron chi connectivity index (χ0n) is 10.8. The fourth-order valence-electron chi connectivity index (χ4n) is 1.91. The van der Waals surface area contributed by atoms with Gasteiger partial charge in [-0.3, -0.25) is 4.79 Å². The highest BCUT2D eigenvalue weighted by molar-refractivity contribution is 6.04. The molecule has 3 heteroatoms. The van der Waals surface area contributed by atoms with Crippen molar-refractivity contribution in [3.8, 4) is 0 Å². The van der Waals surface area contributed by atoms with Gasteiger partial charge >= 0.3 is 0 Å². The van der Waals surface area contributed by atoms with E-state index in [2.05, 4.69) is 5.32 Å². The molecule has 98 valence electrons. The quantitative estimate of drug-likeness (QED) is 0.879. The van der Waals surface area contributed by atoms with Gasteiger partial charge in [0.15, 0.2) is 0 Å². The Morgan fingerprint density at radius 2 is 1.74 bits per heavy atom. The highest BCUT2D eigenvalue weighted by Gasteiger charge is 2.12. The third-order valence-electron chi connectivity index (χ3n) is 2.99. The number of rotatable bonds is 4. The van der Waals surface area contributed by atoms with Gasteiger partial charge in [-0.25, -0.2) is 0 Å². The fourth-order valence-corrected chi connectivity index (χ4v) is 1.91. The van der Waals surface area contributed by atoms with Crippen LogP contribution in [0.3, 0.4) is 0 Å². The van der Waals surface area contributed by atoms with Gasteiger partial charge in [0.05, 0.1) is 6.10 Å². The maximum Gasteiger partial charge on any atom is 0.255 e. The van der Waals surface area contributed by atoms with E-state index in [1.54, 1.807) is 18.2 Å². The Morgan fingerprint density at radius 3 is 2.42 bits per heavy atom. The number of hydrogen-bond donors (Lipinski definition) is 2. The van der Waals surface area contributed by atoms with Crippen molar-refractivity contribution in [1.29, 1.82) is 0 Å². The Labute approximate surface area is 112 Å². The molecule has 2 aromatic rings. The second-order valence-corrected chi connectivity index (χ2v) is 4.33. The van der Waals surface area contributed by atoms with Crippen molar-refractivity contribution in [3.05, 3.63) is 65.7 Å². The Morgan fingerprint density at radius 1 is 1.11 bits per heavy atom. The van der Waals surface area contributed by atoms with Crippen LogP contribution in [0.4, 0.5) is 5.69 Å². The molecule has 0 bridgehead atoms. The largest absolute Gasteiger partial charge is 0.388 e. The normalized spacial score (nSPS) is 11.9. The average Bonchev–Trinajstić information content (AvgIpc) is 2.48. The SMILES string of the molecule is CC[C@H](O)c1ccccc1NC(=O)c1ccccc1. The fraction of sp³-hybridized carbons (Fsp3) is 0.188. The monoisotopic (exact) mass is 255 g/mol. The van der Waals surface area contributed by atoms with Crippen LogP contribution < -0.4 is 5.32 Å².